The van der Waals surface area contributed by atoms with Gasteiger partial charge in [-0.05, 0) is 41.8 Å². The lowest BCUT2D eigenvalue weighted by atomic mass is 10.2. The van der Waals surface area contributed by atoms with E-state index in [0.717, 1.165) is 17.3 Å². The van der Waals surface area contributed by atoms with Crippen LogP contribution in [-0.4, -0.2) is 30.0 Å². The van der Waals surface area contributed by atoms with E-state index in [1.54, 1.807) is 18.9 Å². The van der Waals surface area contributed by atoms with Gasteiger partial charge in [0.25, 0.3) is 0 Å². The largest absolute Gasteiger partial charge is 0.497 e. The van der Waals surface area contributed by atoms with Crippen molar-refractivity contribution in [3.05, 3.63) is 40.3 Å². The van der Waals surface area contributed by atoms with Crippen molar-refractivity contribution in [3.63, 3.8) is 0 Å². The van der Waals surface area contributed by atoms with Crippen LogP contribution in [0, 0.1) is 0 Å². The Morgan fingerprint density at radius 3 is 2.75 bits per heavy atom. The summed E-state index contributed by atoms with van der Waals surface area (Å²) in [6.45, 7) is 0. The Bertz CT molecular complexity index is 470. The number of hydrogen-bond donors (Lipinski definition) is 1. The van der Waals surface area contributed by atoms with Crippen molar-refractivity contribution >= 4 is 17.7 Å². The number of nitrogens with zero attached hydrogens (tertiary/aromatic N) is 3. The number of carbonyl (C=O) groups is 1. The standard InChI is InChI=1S/C13H17N3O3S/c1-19-11-6-4-10(5-7-11)9-20-8-2-3-12(13(17)18)15-16-14/h4-7,12H,2-3,8-9H2,1H3,(H,17,18)/t12-/m0/s1. The maximum Gasteiger partial charge on any atom is 0.312 e. The first-order valence-electron chi connectivity index (χ1n) is 6.15. The minimum absolute atomic E-state index is 0.370. The Balaban J connectivity index is 2.24. The maximum atomic E-state index is 10.8. The summed E-state index contributed by atoms with van der Waals surface area (Å²) in [5, 5.41) is 12.1. The Morgan fingerprint density at radius 1 is 1.50 bits per heavy atom. The van der Waals surface area contributed by atoms with E-state index in [-0.39, 0.29) is 0 Å². The van der Waals surface area contributed by atoms with E-state index in [1.165, 1.54) is 5.56 Å². The fraction of sp³-hybridized carbons (Fsp3) is 0.462. The molecule has 7 heteroatoms. The van der Waals surface area contributed by atoms with Crippen LogP contribution in [0.15, 0.2) is 29.4 Å². The molecule has 1 rings (SSSR count). The van der Waals surface area contributed by atoms with Crippen molar-refractivity contribution in [2.24, 2.45) is 5.11 Å². The highest BCUT2D eigenvalue weighted by molar-refractivity contribution is 7.98. The van der Waals surface area contributed by atoms with Crippen LogP contribution in [0.2, 0.25) is 0 Å². The predicted molar refractivity (Wildman–Crippen MR) is 79.0 cm³/mol. The molecule has 0 saturated carbocycles. The first kappa shape index (κ1) is 16.2. The van der Waals surface area contributed by atoms with Gasteiger partial charge in [0, 0.05) is 10.7 Å². The molecule has 0 fully saturated rings. The molecule has 0 amide bonds. The van der Waals surface area contributed by atoms with Gasteiger partial charge in [0.15, 0.2) is 0 Å². The summed E-state index contributed by atoms with van der Waals surface area (Å²) in [6, 6.07) is 6.88. The quantitative estimate of drug-likeness (QED) is 0.326. The third-order valence-corrected chi connectivity index (χ3v) is 3.78. The lowest BCUT2D eigenvalue weighted by molar-refractivity contribution is -0.138. The van der Waals surface area contributed by atoms with Crippen LogP contribution in [0.3, 0.4) is 0 Å². The van der Waals surface area contributed by atoms with Crippen molar-refractivity contribution in [3.8, 4) is 5.75 Å². The van der Waals surface area contributed by atoms with Crippen molar-refractivity contribution < 1.29 is 14.6 Å². The lowest BCUT2D eigenvalue weighted by Gasteiger charge is -2.06. The first-order valence-corrected chi connectivity index (χ1v) is 7.30. The number of benzene rings is 1. The number of thioether (sulfide) groups is 1. The molecule has 20 heavy (non-hydrogen) atoms. The molecular weight excluding hydrogens is 278 g/mol. The molecule has 0 aliphatic rings. The Morgan fingerprint density at radius 2 is 2.20 bits per heavy atom. The lowest BCUT2D eigenvalue weighted by Crippen LogP contribution is -2.17. The molecular formula is C13H17N3O3S. The van der Waals surface area contributed by atoms with E-state index in [4.69, 9.17) is 15.4 Å². The van der Waals surface area contributed by atoms with E-state index < -0.39 is 12.0 Å². The molecule has 0 spiro atoms. The van der Waals surface area contributed by atoms with Crippen LogP contribution in [-0.2, 0) is 10.5 Å². The van der Waals surface area contributed by atoms with E-state index in [9.17, 15) is 4.79 Å². The zero-order valence-corrected chi connectivity index (χ0v) is 12.0. The summed E-state index contributed by atoms with van der Waals surface area (Å²) in [7, 11) is 1.63. The van der Waals surface area contributed by atoms with Gasteiger partial charge in [-0.25, -0.2) is 0 Å². The highest BCUT2D eigenvalue weighted by Crippen LogP contribution is 2.18. The van der Waals surface area contributed by atoms with Crippen LogP contribution >= 0.6 is 11.8 Å². The Kier molecular flexibility index (Phi) is 7.39. The zero-order chi connectivity index (χ0) is 14.8. The molecule has 1 aromatic carbocycles. The second kappa shape index (κ2) is 9.12. The van der Waals surface area contributed by atoms with Crippen LogP contribution in [0.25, 0.3) is 10.4 Å². The van der Waals surface area contributed by atoms with Crippen molar-refractivity contribution in [2.45, 2.75) is 24.6 Å². The van der Waals surface area contributed by atoms with Gasteiger partial charge in [0.2, 0.25) is 0 Å². The molecule has 0 aromatic heterocycles. The summed E-state index contributed by atoms with van der Waals surface area (Å²) in [5.74, 6) is 1.46. The van der Waals surface area contributed by atoms with Gasteiger partial charge in [0.05, 0.1) is 7.11 Å². The maximum absolute atomic E-state index is 10.8. The highest BCUT2D eigenvalue weighted by Gasteiger charge is 2.14. The Labute approximate surface area is 121 Å². The number of rotatable bonds is 9. The van der Waals surface area contributed by atoms with E-state index in [0.29, 0.717) is 12.8 Å². The van der Waals surface area contributed by atoms with Crippen LogP contribution in [0.5, 0.6) is 5.75 Å². The van der Waals surface area contributed by atoms with Crippen molar-refractivity contribution in [2.75, 3.05) is 12.9 Å². The van der Waals surface area contributed by atoms with Gasteiger partial charge in [-0.3, -0.25) is 4.79 Å². The summed E-state index contributed by atoms with van der Waals surface area (Å²) < 4.78 is 5.08. The van der Waals surface area contributed by atoms with Gasteiger partial charge < -0.3 is 9.84 Å². The molecule has 1 N–H and O–H groups in total. The molecule has 0 heterocycles. The smallest absolute Gasteiger partial charge is 0.312 e. The second-order valence-electron chi connectivity index (χ2n) is 4.10. The zero-order valence-electron chi connectivity index (χ0n) is 11.2. The second-order valence-corrected chi connectivity index (χ2v) is 5.21. The minimum atomic E-state index is -1.07. The average molecular weight is 295 g/mol. The van der Waals surface area contributed by atoms with Crippen molar-refractivity contribution in [1.82, 2.24) is 0 Å². The Hall–Kier alpha value is -1.85. The molecule has 0 unspecified atom stereocenters. The summed E-state index contributed by atoms with van der Waals surface area (Å²) in [4.78, 5) is 13.3. The van der Waals surface area contributed by atoms with Gasteiger partial charge in [-0.2, -0.15) is 11.8 Å². The minimum Gasteiger partial charge on any atom is -0.497 e. The number of hydrogen-bond acceptors (Lipinski definition) is 4. The molecule has 1 atom stereocenters. The molecule has 1 aromatic rings. The van der Waals surface area contributed by atoms with E-state index >= 15 is 0 Å². The third kappa shape index (κ3) is 5.86. The molecule has 6 nitrogen and oxygen atoms in total. The number of methoxy groups -OCH3 is 1. The number of carboxylic acid groups (broad SMARTS) is 1. The molecule has 108 valence electrons. The fourth-order valence-corrected chi connectivity index (χ4v) is 2.53. The molecule has 0 aliphatic heterocycles. The van der Waals surface area contributed by atoms with E-state index in [1.807, 2.05) is 24.3 Å². The summed E-state index contributed by atoms with van der Waals surface area (Å²) in [6.07, 6.45) is 1.08. The summed E-state index contributed by atoms with van der Waals surface area (Å²) in [5.41, 5.74) is 9.45. The van der Waals surface area contributed by atoms with Gasteiger partial charge in [-0.15, -0.1) is 0 Å². The normalized spacial score (nSPS) is 11.4. The van der Waals surface area contributed by atoms with Crippen LogP contribution < -0.4 is 4.74 Å². The highest BCUT2D eigenvalue weighted by atomic mass is 32.2. The van der Waals surface area contributed by atoms with Gasteiger partial charge >= 0.3 is 5.97 Å². The topological polar surface area (TPSA) is 95.3 Å². The first-order chi connectivity index (χ1) is 9.67. The van der Waals surface area contributed by atoms with E-state index in [2.05, 4.69) is 10.0 Å². The molecule has 0 saturated heterocycles. The number of azide groups is 1. The summed E-state index contributed by atoms with van der Waals surface area (Å²) >= 11 is 1.72. The monoisotopic (exact) mass is 295 g/mol. The average Bonchev–Trinajstić information content (AvgIpc) is 2.46. The third-order valence-electron chi connectivity index (χ3n) is 2.67. The van der Waals surface area contributed by atoms with Gasteiger partial charge in [-0.1, -0.05) is 17.2 Å². The van der Waals surface area contributed by atoms with Crippen LogP contribution in [0.1, 0.15) is 18.4 Å². The number of carboxylic acids is 1. The molecule has 0 radical (unpaired) electrons. The number of ether oxygens (including phenoxy) is 1. The molecule has 0 aliphatic carbocycles. The molecule has 0 bridgehead atoms. The van der Waals surface area contributed by atoms with Gasteiger partial charge in [0.1, 0.15) is 11.8 Å². The SMILES string of the molecule is COc1ccc(CSCCC[C@H](N=[N+]=[N-])C(=O)O)cc1. The van der Waals surface area contributed by atoms with Crippen LogP contribution in [0.4, 0.5) is 0 Å². The predicted octanol–water partition coefficient (Wildman–Crippen LogP) is 3.47. The fourth-order valence-electron chi connectivity index (χ4n) is 1.58. The number of aliphatic carboxylic acids is 1. The van der Waals surface area contributed by atoms with Crippen molar-refractivity contribution in [1.29, 1.82) is 0 Å².